The van der Waals surface area contributed by atoms with Gasteiger partial charge in [-0.1, -0.05) is 86.8 Å². The predicted molar refractivity (Wildman–Crippen MR) is 131 cm³/mol. The average Bonchev–Trinajstić information content (AvgIpc) is 2.74. The number of rotatable bonds is 3. The van der Waals surface area contributed by atoms with Gasteiger partial charge >= 0.3 is 0 Å². The molecule has 2 aromatic carbocycles. The van der Waals surface area contributed by atoms with Crippen LogP contribution in [0.2, 0.25) is 0 Å². The van der Waals surface area contributed by atoms with E-state index in [1.807, 2.05) is 52.0 Å². The average molecular weight is 400 g/mol. The van der Waals surface area contributed by atoms with Crippen molar-refractivity contribution in [1.82, 2.24) is 4.90 Å². The van der Waals surface area contributed by atoms with E-state index in [0.29, 0.717) is 6.42 Å². The Hall–Kier alpha value is -1.93. The first kappa shape index (κ1) is 27.1. The molecule has 0 spiro atoms. The molecule has 0 bridgehead atoms. The highest BCUT2D eigenvalue weighted by atomic mass is 16.1. The number of nitrogens with zero attached hydrogens (tertiary/aromatic N) is 1. The Bertz CT molecular complexity index is 640. The monoisotopic (exact) mass is 399 g/mol. The van der Waals surface area contributed by atoms with Crippen LogP contribution in [-0.4, -0.2) is 30.8 Å². The summed E-state index contributed by atoms with van der Waals surface area (Å²) >= 11 is 0. The minimum absolute atomic E-state index is 0. The van der Waals surface area contributed by atoms with Crippen LogP contribution in [0.3, 0.4) is 0 Å². The zero-order valence-corrected chi connectivity index (χ0v) is 19.9. The standard InChI is InChI=1S/C11H14O.C8H10.C6H13N.C2H6.H2/c1-3-6-11(12)10-8-5-4-7-9(10)2;1-7-3-5-8(2)6-4-7;1-7-5-3-2-4-6-7;1-2;/h4-5,7-8H,3,6H2,1-2H3;3-6H,1-2H3;2-6H2,1H3;1-2H3;1H. The smallest absolute Gasteiger partial charge is 0.163 e. The van der Waals surface area contributed by atoms with Crippen molar-refractivity contribution >= 4 is 5.78 Å². The van der Waals surface area contributed by atoms with Crippen LogP contribution in [0.5, 0.6) is 0 Å². The molecular weight excluding hydrogens is 354 g/mol. The summed E-state index contributed by atoms with van der Waals surface area (Å²) in [7, 11) is 2.19. The molecule has 29 heavy (non-hydrogen) atoms. The molecule has 1 aliphatic heterocycles. The van der Waals surface area contributed by atoms with Gasteiger partial charge in [0.2, 0.25) is 0 Å². The van der Waals surface area contributed by atoms with Crippen molar-refractivity contribution in [3.63, 3.8) is 0 Å². The molecule has 1 aliphatic rings. The summed E-state index contributed by atoms with van der Waals surface area (Å²) in [6, 6.07) is 16.2. The quantitative estimate of drug-likeness (QED) is 0.494. The maximum absolute atomic E-state index is 11.5. The summed E-state index contributed by atoms with van der Waals surface area (Å²) in [5, 5.41) is 0. The number of carbonyl (C=O) groups is 1. The van der Waals surface area contributed by atoms with Gasteiger partial charge in [0.05, 0.1) is 0 Å². The first-order valence-electron chi connectivity index (χ1n) is 11.2. The molecule has 0 unspecified atom stereocenters. The second kappa shape index (κ2) is 17.0. The summed E-state index contributed by atoms with van der Waals surface area (Å²) in [5.41, 5.74) is 4.61. The Morgan fingerprint density at radius 1 is 0.862 bits per heavy atom. The Kier molecular flexibility index (Phi) is 15.8. The maximum Gasteiger partial charge on any atom is 0.163 e. The molecule has 0 aromatic heterocycles. The second-order valence-electron chi connectivity index (χ2n) is 7.51. The summed E-state index contributed by atoms with van der Waals surface area (Å²) in [5.74, 6) is 0.260. The Balaban J connectivity index is 0. The number of carbonyl (C=O) groups excluding carboxylic acids is 1. The van der Waals surface area contributed by atoms with Crippen molar-refractivity contribution in [2.24, 2.45) is 0 Å². The zero-order chi connectivity index (χ0) is 22.1. The third-order valence-electron chi connectivity index (χ3n) is 4.72. The second-order valence-corrected chi connectivity index (χ2v) is 7.51. The molecule has 2 aromatic rings. The maximum atomic E-state index is 11.5. The third kappa shape index (κ3) is 13.0. The molecule has 3 rings (SSSR count). The Labute approximate surface area is 181 Å². The molecule has 1 heterocycles. The molecule has 164 valence electrons. The topological polar surface area (TPSA) is 20.3 Å². The van der Waals surface area contributed by atoms with Gasteiger partial charge in [-0.15, -0.1) is 0 Å². The summed E-state index contributed by atoms with van der Waals surface area (Å²) in [6.07, 6.45) is 5.86. The van der Waals surface area contributed by atoms with E-state index in [0.717, 1.165) is 17.5 Å². The molecule has 0 radical (unpaired) electrons. The Morgan fingerprint density at radius 3 is 1.72 bits per heavy atom. The molecule has 0 aliphatic carbocycles. The predicted octanol–water partition coefficient (Wildman–Crippen LogP) is 7.66. The van der Waals surface area contributed by atoms with Crippen LogP contribution in [0.1, 0.15) is 81.4 Å². The highest BCUT2D eigenvalue weighted by Crippen LogP contribution is 2.10. The van der Waals surface area contributed by atoms with E-state index < -0.39 is 0 Å². The van der Waals surface area contributed by atoms with Gasteiger partial charge in [0, 0.05) is 13.4 Å². The molecule has 1 saturated heterocycles. The number of hydrogen-bond donors (Lipinski definition) is 0. The van der Waals surface area contributed by atoms with Gasteiger partial charge in [0.1, 0.15) is 0 Å². The van der Waals surface area contributed by atoms with E-state index in [9.17, 15) is 4.79 Å². The van der Waals surface area contributed by atoms with E-state index in [4.69, 9.17) is 0 Å². The van der Waals surface area contributed by atoms with Gasteiger partial charge in [-0.3, -0.25) is 4.79 Å². The Morgan fingerprint density at radius 2 is 1.34 bits per heavy atom. The van der Waals surface area contributed by atoms with E-state index in [1.165, 1.54) is 43.5 Å². The fourth-order valence-electron chi connectivity index (χ4n) is 2.94. The number of benzene rings is 2. The van der Waals surface area contributed by atoms with E-state index in [2.05, 4.69) is 50.1 Å². The van der Waals surface area contributed by atoms with Crippen LogP contribution < -0.4 is 0 Å². The van der Waals surface area contributed by atoms with Crippen LogP contribution in [-0.2, 0) is 0 Å². The molecule has 0 saturated carbocycles. The van der Waals surface area contributed by atoms with Crippen LogP contribution in [0.4, 0.5) is 0 Å². The van der Waals surface area contributed by atoms with Crippen molar-refractivity contribution in [2.75, 3.05) is 20.1 Å². The third-order valence-corrected chi connectivity index (χ3v) is 4.72. The largest absolute Gasteiger partial charge is 0.306 e. The first-order chi connectivity index (χ1) is 13.9. The van der Waals surface area contributed by atoms with E-state index in [-0.39, 0.29) is 7.21 Å². The zero-order valence-electron chi connectivity index (χ0n) is 19.9. The van der Waals surface area contributed by atoms with E-state index >= 15 is 0 Å². The van der Waals surface area contributed by atoms with E-state index in [1.54, 1.807) is 0 Å². The number of likely N-dealkylation sites (tertiary alicyclic amines) is 1. The minimum atomic E-state index is 0. The number of aryl methyl sites for hydroxylation is 3. The van der Waals surface area contributed by atoms with Gasteiger partial charge < -0.3 is 4.90 Å². The fourth-order valence-corrected chi connectivity index (χ4v) is 2.94. The molecule has 2 heteroatoms. The number of hydrogen-bond acceptors (Lipinski definition) is 2. The van der Waals surface area contributed by atoms with Crippen molar-refractivity contribution in [3.05, 3.63) is 70.8 Å². The molecule has 0 atom stereocenters. The van der Waals surface area contributed by atoms with Crippen molar-refractivity contribution in [3.8, 4) is 0 Å². The molecule has 1 fully saturated rings. The SMILES string of the molecule is CC.CCCC(=O)c1ccccc1C.CN1CCCCC1.Cc1ccc(C)cc1.[HH]. The molecule has 0 N–H and O–H groups in total. The van der Waals surface area contributed by atoms with Crippen molar-refractivity contribution in [1.29, 1.82) is 0 Å². The minimum Gasteiger partial charge on any atom is -0.306 e. The highest BCUT2D eigenvalue weighted by Gasteiger charge is 2.05. The van der Waals surface area contributed by atoms with Crippen LogP contribution in [0.25, 0.3) is 0 Å². The molecular formula is C27H45NO. The van der Waals surface area contributed by atoms with Crippen molar-refractivity contribution in [2.45, 2.75) is 73.6 Å². The highest BCUT2D eigenvalue weighted by molar-refractivity contribution is 5.97. The molecule has 2 nitrogen and oxygen atoms in total. The summed E-state index contributed by atoms with van der Waals surface area (Å²) < 4.78 is 0. The van der Waals surface area contributed by atoms with Gasteiger partial charge in [0.25, 0.3) is 0 Å². The number of ketones is 1. The van der Waals surface area contributed by atoms with Crippen LogP contribution in [0, 0.1) is 20.8 Å². The summed E-state index contributed by atoms with van der Waals surface area (Å²) in [6.45, 7) is 14.8. The van der Waals surface area contributed by atoms with Gasteiger partial charge in [-0.25, -0.2) is 0 Å². The fraction of sp³-hybridized carbons (Fsp3) is 0.519. The number of Topliss-reactive ketones (excluding diaryl/α,β-unsaturated/α-hetero) is 1. The lowest BCUT2D eigenvalue weighted by molar-refractivity contribution is 0.0981. The normalized spacial score (nSPS) is 12.9. The van der Waals surface area contributed by atoms with Gasteiger partial charge in [-0.05, 0) is 65.7 Å². The van der Waals surface area contributed by atoms with Gasteiger partial charge in [0.15, 0.2) is 5.78 Å². The molecule has 0 amide bonds. The first-order valence-corrected chi connectivity index (χ1v) is 11.2. The number of piperidine rings is 1. The van der Waals surface area contributed by atoms with Crippen molar-refractivity contribution < 1.29 is 6.22 Å². The summed E-state index contributed by atoms with van der Waals surface area (Å²) in [4.78, 5) is 13.9. The lowest BCUT2D eigenvalue weighted by Gasteiger charge is -2.20. The van der Waals surface area contributed by atoms with Crippen LogP contribution in [0.15, 0.2) is 48.5 Å². The van der Waals surface area contributed by atoms with Gasteiger partial charge in [-0.2, -0.15) is 0 Å². The lowest BCUT2D eigenvalue weighted by atomic mass is 10.0. The van der Waals surface area contributed by atoms with Crippen LogP contribution >= 0.6 is 0 Å². The lowest BCUT2D eigenvalue weighted by Crippen LogP contribution is -2.24.